The fourth-order valence-electron chi connectivity index (χ4n) is 2.33. The Labute approximate surface area is 141 Å². The predicted octanol–water partition coefficient (Wildman–Crippen LogP) is 2.33. The smallest absolute Gasteiger partial charge is 0.240 e. The van der Waals surface area contributed by atoms with E-state index in [1.165, 1.54) is 19.2 Å². The minimum absolute atomic E-state index is 0.172. The molecule has 7 heteroatoms. The van der Waals surface area contributed by atoms with Gasteiger partial charge in [0, 0.05) is 13.0 Å². The molecule has 2 aromatic rings. The number of methoxy groups -OCH3 is 1. The molecule has 0 unspecified atom stereocenters. The summed E-state index contributed by atoms with van der Waals surface area (Å²) in [6.45, 7) is 1.38. The van der Waals surface area contributed by atoms with E-state index in [0.717, 1.165) is 12.0 Å². The lowest BCUT2D eigenvalue weighted by Crippen LogP contribution is -2.23. The van der Waals surface area contributed by atoms with Crippen LogP contribution in [0.1, 0.15) is 12.0 Å². The van der Waals surface area contributed by atoms with Gasteiger partial charge in [-0.1, -0.05) is 6.07 Å². The van der Waals surface area contributed by atoms with Crippen molar-refractivity contribution < 1.29 is 22.6 Å². The van der Waals surface area contributed by atoms with Crippen LogP contribution in [0.4, 0.5) is 0 Å². The Balaban J connectivity index is 1.71. The van der Waals surface area contributed by atoms with Crippen molar-refractivity contribution in [1.29, 1.82) is 0 Å². The molecular formula is C17H19NO5S. The van der Waals surface area contributed by atoms with Crippen molar-refractivity contribution in [3.05, 3.63) is 48.0 Å². The van der Waals surface area contributed by atoms with Gasteiger partial charge in [-0.25, -0.2) is 13.1 Å². The summed E-state index contributed by atoms with van der Waals surface area (Å²) in [5.74, 6) is 1.94. The summed E-state index contributed by atoms with van der Waals surface area (Å²) < 4.78 is 43.5. The number of fused-ring (bicyclic) bond motifs is 1. The summed E-state index contributed by atoms with van der Waals surface area (Å²) in [7, 11) is -2.06. The standard InChI is InChI=1S/C17H19NO5S/c1-21-14-4-6-15(7-5-14)24(19,20)18-12-13-3-8-16-17(11-13)23-10-2-9-22-16/h3-8,11,18H,2,9-10,12H2,1H3. The van der Waals surface area contributed by atoms with Gasteiger partial charge in [0.05, 0.1) is 25.2 Å². The number of rotatable bonds is 5. The van der Waals surface area contributed by atoms with Gasteiger partial charge in [0.1, 0.15) is 5.75 Å². The van der Waals surface area contributed by atoms with Crippen molar-refractivity contribution in [2.75, 3.05) is 20.3 Å². The van der Waals surface area contributed by atoms with Crippen LogP contribution in [0.5, 0.6) is 17.2 Å². The molecule has 6 nitrogen and oxygen atoms in total. The maximum atomic E-state index is 12.3. The molecule has 1 aliphatic heterocycles. The fourth-order valence-corrected chi connectivity index (χ4v) is 3.35. The van der Waals surface area contributed by atoms with Crippen LogP contribution < -0.4 is 18.9 Å². The molecule has 0 spiro atoms. The van der Waals surface area contributed by atoms with Gasteiger partial charge in [-0.3, -0.25) is 0 Å². The molecule has 0 saturated heterocycles. The SMILES string of the molecule is COc1ccc(S(=O)(=O)NCc2ccc3c(c2)OCCCO3)cc1. The van der Waals surface area contributed by atoms with E-state index in [1.54, 1.807) is 24.3 Å². The van der Waals surface area contributed by atoms with E-state index >= 15 is 0 Å². The Morgan fingerprint density at radius 1 is 1.04 bits per heavy atom. The zero-order chi connectivity index (χ0) is 17.0. The highest BCUT2D eigenvalue weighted by atomic mass is 32.2. The van der Waals surface area contributed by atoms with Crippen molar-refractivity contribution >= 4 is 10.0 Å². The van der Waals surface area contributed by atoms with Gasteiger partial charge in [0.2, 0.25) is 10.0 Å². The van der Waals surface area contributed by atoms with Crippen LogP contribution in [0.2, 0.25) is 0 Å². The van der Waals surface area contributed by atoms with Gasteiger partial charge < -0.3 is 14.2 Å². The van der Waals surface area contributed by atoms with E-state index < -0.39 is 10.0 Å². The van der Waals surface area contributed by atoms with Crippen LogP contribution in [0.15, 0.2) is 47.4 Å². The molecule has 0 radical (unpaired) electrons. The molecule has 1 N–H and O–H groups in total. The number of ether oxygens (including phenoxy) is 3. The highest BCUT2D eigenvalue weighted by Gasteiger charge is 2.15. The molecule has 0 bridgehead atoms. The van der Waals surface area contributed by atoms with Gasteiger partial charge in [-0.2, -0.15) is 0 Å². The summed E-state index contributed by atoms with van der Waals surface area (Å²) >= 11 is 0. The fraction of sp³-hybridized carbons (Fsp3) is 0.294. The zero-order valence-corrected chi connectivity index (χ0v) is 14.1. The molecule has 0 amide bonds. The maximum Gasteiger partial charge on any atom is 0.240 e. The Morgan fingerprint density at radius 2 is 1.75 bits per heavy atom. The van der Waals surface area contributed by atoms with Crippen LogP contribution >= 0.6 is 0 Å². The van der Waals surface area contributed by atoms with Crippen molar-refractivity contribution in [1.82, 2.24) is 4.72 Å². The van der Waals surface area contributed by atoms with E-state index in [4.69, 9.17) is 14.2 Å². The molecule has 3 rings (SSSR count). The lowest BCUT2D eigenvalue weighted by molar-refractivity contribution is 0.297. The highest BCUT2D eigenvalue weighted by Crippen LogP contribution is 2.30. The van der Waals surface area contributed by atoms with Crippen molar-refractivity contribution in [2.24, 2.45) is 0 Å². The van der Waals surface area contributed by atoms with E-state index in [-0.39, 0.29) is 11.4 Å². The van der Waals surface area contributed by atoms with Gasteiger partial charge in [-0.15, -0.1) is 0 Å². The van der Waals surface area contributed by atoms with Crippen LogP contribution in [0, 0.1) is 0 Å². The third kappa shape index (κ3) is 3.80. The predicted molar refractivity (Wildman–Crippen MR) is 89.1 cm³/mol. The molecule has 0 fully saturated rings. The summed E-state index contributed by atoms with van der Waals surface area (Å²) in [5, 5.41) is 0. The Morgan fingerprint density at radius 3 is 2.46 bits per heavy atom. The minimum atomic E-state index is -3.59. The van der Waals surface area contributed by atoms with Crippen LogP contribution in [0.25, 0.3) is 0 Å². The Bertz CT molecular complexity index is 802. The van der Waals surface area contributed by atoms with E-state index in [9.17, 15) is 8.42 Å². The van der Waals surface area contributed by atoms with Crippen molar-refractivity contribution in [2.45, 2.75) is 17.9 Å². The second kappa shape index (κ2) is 7.11. The molecule has 0 saturated carbocycles. The number of benzene rings is 2. The number of nitrogens with one attached hydrogen (secondary N) is 1. The van der Waals surface area contributed by atoms with Gasteiger partial charge >= 0.3 is 0 Å². The largest absolute Gasteiger partial charge is 0.497 e. The molecular weight excluding hydrogens is 330 g/mol. The van der Waals surface area contributed by atoms with Crippen molar-refractivity contribution in [3.8, 4) is 17.2 Å². The van der Waals surface area contributed by atoms with E-state index in [0.29, 0.717) is 30.5 Å². The Hall–Kier alpha value is -2.25. The number of hydrogen-bond donors (Lipinski definition) is 1. The van der Waals surface area contributed by atoms with Crippen LogP contribution in [-0.2, 0) is 16.6 Å². The normalized spacial score (nSPS) is 14.0. The first-order valence-corrected chi connectivity index (χ1v) is 9.09. The molecule has 0 atom stereocenters. The van der Waals surface area contributed by atoms with Gasteiger partial charge in [0.25, 0.3) is 0 Å². The third-order valence-corrected chi connectivity index (χ3v) is 5.07. The number of sulfonamides is 1. The van der Waals surface area contributed by atoms with E-state index in [1.807, 2.05) is 6.07 Å². The van der Waals surface area contributed by atoms with Gasteiger partial charge in [-0.05, 0) is 42.0 Å². The maximum absolute atomic E-state index is 12.3. The molecule has 2 aromatic carbocycles. The second-order valence-electron chi connectivity index (χ2n) is 5.33. The minimum Gasteiger partial charge on any atom is -0.497 e. The Kier molecular flexibility index (Phi) is 4.92. The van der Waals surface area contributed by atoms with Crippen LogP contribution in [-0.4, -0.2) is 28.7 Å². The highest BCUT2D eigenvalue weighted by molar-refractivity contribution is 7.89. The first-order chi connectivity index (χ1) is 11.6. The topological polar surface area (TPSA) is 73.9 Å². The molecule has 1 heterocycles. The first-order valence-electron chi connectivity index (χ1n) is 7.61. The lowest BCUT2D eigenvalue weighted by atomic mass is 10.2. The quantitative estimate of drug-likeness (QED) is 0.897. The summed E-state index contributed by atoms with van der Waals surface area (Å²) in [5.41, 5.74) is 0.802. The first kappa shape index (κ1) is 16.6. The van der Waals surface area contributed by atoms with Gasteiger partial charge in [0.15, 0.2) is 11.5 Å². The molecule has 0 aromatic heterocycles. The summed E-state index contributed by atoms with van der Waals surface area (Å²) in [4.78, 5) is 0.192. The van der Waals surface area contributed by atoms with Crippen LogP contribution in [0.3, 0.4) is 0 Å². The average molecular weight is 349 g/mol. The summed E-state index contributed by atoms with van der Waals surface area (Å²) in [6.07, 6.45) is 0.827. The molecule has 24 heavy (non-hydrogen) atoms. The third-order valence-electron chi connectivity index (χ3n) is 3.65. The molecule has 1 aliphatic rings. The average Bonchev–Trinajstić information content (AvgIpc) is 2.85. The van der Waals surface area contributed by atoms with Crippen molar-refractivity contribution in [3.63, 3.8) is 0 Å². The number of hydrogen-bond acceptors (Lipinski definition) is 5. The zero-order valence-electron chi connectivity index (χ0n) is 13.3. The molecule has 128 valence electrons. The lowest BCUT2D eigenvalue weighted by Gasteiger charge is -2.11. The second-order valence-corrected chi connectivity index (χ2v) is 7.10. The van der Waals surface area contributed by atoms with E-state index in [2.05, 4.69) is 4.72 Å². The summed E-state index contributed by atoms with van der Waals surface area (Å²) in [6, 6.07) is 11.7. The molecule has 0 aliphatic carbocycles. The monoisotopic (exact) mass is 349 g/mol.